The van der Waals surface area contributed by atoms with Gasteiger partial charge in [-0.1, -0.05) is 50.2 Å². The topological polar surface area (TPSA) is 42.0 Å². The van der Waals surface area contributed by atoms with E-state index in [2.05, 4.69) is 43.0 Å². The van der Waals surface area contributed by atoms with Crippen molar-refractivity contribution < 1.29 is 18.7 Å². The van der Waals surface area contributed by atoms with E-state index in [9.17, 15) is 9.18 Å². The van der Waals surface area contributed by atoms with E-state index >= 15 is 0 Å². The number of ether oxygens (including phenoxy) is 2. The van der Waals surface area contributed by atoms with Gasteiger partial charge in [-0.05, 0) is 54.5 Å². The summed E-state index contributed by atoms with van der Waals surface area (Å²) in [6, 6.07) is 15.1. The highest BCUT2D eigenvalue weighted by Crippen LogP contribution is 2.23. The lowest BCUT2D eigenvalue weighted by atomic mass is 9.99. The Morgan fingerprint density at radius 3 is 2.31 bits per heavy atom. The fourth-order valence-electron chi connectivity index (χ4n) is 4.98. The number of rotatable bonds is 9. The van der Waals surface area contributed by atoms with Crippen molar-refractivity contribution in [1.29, 1.82) is 0 Å². The van der Waals surface area contributed by atoms with Crippen LogP contribution in [0.15, 0.2) is 48.5 Å². The molecule has 2 atom stereocenters. The molecule has 2 unspecified atom stereocenters. The number of piperidine rings is 1. The molecule has 2 fully saturated rings. The molecule has 6 heteroatoms. The van der Waals surface area contributed by atoms with Crippen LogP contribution in [0, 0.1) is 5.82 Å². The predicted molar refractivity (Wildman–Crippen MR) is 136 cm³/mol. The second-order valence-electron chi connectivity index (χ2n) is 10.3. The normalized spacial score (nSPS) is 21.5. The SMILES string of the molecule is CC1COC(CCN2CCC(N(Cc3ccc(F)cc3)C(=O)Cc3ccc(C(C)C)cc3)CC2)O1. The van der Waals surface area contributed by atoms with Crippen LogP contribution in [0.2, 0.25) is 0 Å². The van der Waals surface area contributed by atoms with E-state index in [0.29, 0.717) is 25.5 Å². The monoisotopic (exact) mass is 482 g/mol. The Balaban J connectivity index is 1.37. The lowest BCUT2D eigenvalue weighted by Gasteiger charge is -2.39. The van der Waals surface area contributed by atoms with Crippen LogP contribution in [0.3, 0.4) is 0 Å². The highest BCUT2D eigenvalue weighted by atomic mass is 19.1. The molecule has 2 aromatic carbocycles. The van der Waals surface area contributed by atoms with E-state index in [0.717, 1.165) is 50.0 Å². The van der Waals surface area contributed by atoms with E-state index in [1.54, 1.807) is 12.1 Å². The molecule has 190 valence electrons. The van der Waals surface area contributed by atoms with Gasteiger partial charge in [0.2, 0.25) is 5.91 Å². The third-order valence-electron chi connectivity index (χ3n) is 7.17. The van der Waals surface area contributed by atoms with Gasteiger partial charge in [0, 0.05) is 38.6 Å². The standard InChI is InChI=1S/C29H39FN2O3/c1-21(2)25-8-4-23(5-9-25)18-28(33)32(19-24-6-10-26(30)11-7-24)27-12-15-31(16-13-27)17-14-29-34-20-22(3)35-29/h4-11,21-22,27,29H,12-20H2,1-3H3. The first-order valence-corrected chi connectivity index (χ1v) is 13.0. The van der Waals surface area contributed by atoms with E-state index in [4.69, 9.17) is 9.47 Å². The highest BCUT2D eigenvalue weighted by Gasteiger charge is 2.29. The summed E-state index contributed by atoms with van der Waals surface area (Å²) in [7, 11) is 0. The summed E-state index contributed by atoms with van der Waals surface area (Å²) < 4.78 is 24.9. The molecule has 0 aliphatic carbocycles. The number of halogens is 1. The molecule has 0 saturated carbocycles. The van der Waals surface area contributed by atoms with E-state index in [1.165, 1.54) is 17.7 Å². The molecule has 2 heterocycles. The van der Waals surface area contributed by atoms with Gasteiger partial charge in [-0.3, -0.25) is 4.79 Å². The minimum Gasteiger partial charge on any atom is -0.350 e. The van der Waals surface area contributed by atoms with Gasteiger partial charge in [0.15, 0.2) is 6.29 Å². The third-order valence-corrected chi connectivity index (χ3v) is 7.17. The molecule has 5 nitrogen and oxygen atoms in total. The first-order valence-electron chi connectivity index (χ1n) is 13.0. The molecule has 0 spiro atoms. The molecule has 0 aromatic heterocycles. The van der Waals surface area contributed by atoms with Crippen LogP contribution in [-0.2, 0) is 27.2 Å². The molecule has 0 N–H and O–H groups in total. The number of nitrogens with zero attached hydrogens (tertiary/aromatic N) is 2. The fraction of sp³-hybridized carbons (Fsp3) is 0.552. The van der Waals surface area contributed by atoms with Crippen LogP contribution < -0.4 is 0 Å². The molecule has 0 bridgehead atoms. The van der Waals surface area contributed by atoms with Crippen molar-refractivity contribution >= 4 is 5.91 Å². The Bertz CT molecular complexity index is 939. The maximum atomic E-state index is 13.5. The minimum absolute atomic E-state index is 0.0960. The molecule has 2 saturated heterocycles. The first kappa shape index (κ1) is 25.8. The van der Waals surface area contributed by atoms with Gasteiger partial charge in [0.05, 0.1) is 19.1 Å². The van der Waals surface area contributed by atoms with Crippen LogP contribution >= 0.6 is 0 Å². The zero-order valence-electron chi connectivity index (χ0n) is 21.3. The number of hydrogen-bond acceptors (Lipinski definition) is 4. The van der Waals surface area contributed by atoms with Gasteiger partial charge in [0.1, 0.15) is 5.82 Å². The molecule has 4 rings (SSSR count). The average molecular weight is 483 g/mol. The van der Waals surface area contributed by atoms with Crippen LogP contribution in [0.25, 0.3) is 0 Å². The number of carbonyl (C=O) groups excluding carboxylic acids is 1. The molecule has 0 radical (unpaired) electrons. The summed E-state index contributed by atoms with van der Waals surface area (Å²) in [5.41, 5.74) is 3.27. The molecule has 2 aliphatic heterocycles. The minimum atomic E-state index is -0.255. The second kappa shape index (κ2) is 12.1. The molecular formula is C29H39FN2O3. The molecule has 35 heavy (non-hydrogen) atoms. The summed E-state index contributed by atoms with van der Waals surface area (Å²) >= 11 is 0. The maximum absolute atomic E-state index is 13.5. The molecule has 2 aromatic rings. The lowest BCUT2D eigenvalue weighted by molar-refractivity contribution is -0.134. The van der Waals surface area contributed by atoms with Crippen molar-refractivity contribution in [3.05, 3.63) is 71.0 Å². The van der Waals surface area contributed by atoms with Crippen molar-refractivity contribution in [2.75, 3.05) is 26.2 Å². The van der Waals surface area contributed by atoms with Gasteiger partial charge < -0.3 is 19.3 Å². The largest absolute Gasteiger partial charge is 0.350 e. The smallest absolute Gasteiger partial charge is 0.227 e. The Kier molecular flexibility index (Phi) is 8.93. The van der Waals surface area contributed by atoms with Crippen LogP contribution in [0.1, 0.15) is 62.6 Å². The molecule has 1 amide bonds. The Hall–Kier alpha value is -2.28. The summed E-state index contributed by atoms with van der Waals surface area (Å²) in [4.78, 5) is 18.0. The maximum Gasteiger partial charge on any atom is 0.227 e. The Morgan fingerprint density at radius 2 is 1.71 bits per heavy atom. The van der Waals surface area contributed by atoms with Gasteiger partial charge in [-0.15, -0.1) is 0 Å². The number of carbonyl (C=O) groups is 1. The van der Waals surface area contributed by atoms with Gasteiger partial charge in [0.25, 0.3) is 0 Å². The van der Waals surface area contributed by atoms with Crippen molar-refractivity contribution in [1.82, 2.24) is 9.80 Å². The Labute approximate surface area is 209 Å². The zero-order valence-corrected chi connectivity index (χ0v) is 21.3. The van der Waals surface area contributed by atoms with Crippen LogP contribution in [-0.4, -0.2) is 60.4 Å². The third kappa shape index (κ3) is 7.35. The predicted octanol–water partition coefficient (Wildman–Crippen LogP) is 5.14. The van der Waals surface area contributed by atoms with E-state index in [-0.39, 0.29) is 30.2 Å². The van der Waals surface area contributed by atoms with Gasteiger partial charge >= 0.3 is 0 Å². The first-order chi connectivity index (χ1) is 16.9. The quantitative estimate of drug-likeness (QED) is 0.497. The van der Waals surface area contributed by atoms with E-state index < -0.39 is 0 Å². The number of hydrogen-bond donors (Lipinski definition) is 0. The zero-order chi connectivity index (χ0) is 24.8. The van der Waals surface area contributed by atoms with Gasteiger partial charge in [-0.25, -0.2) is 4.39 Å². The van der Waals surface area contributed by atoms with Crippen molar-refractivity contribution in [3.8, 4) is 0 Å². The van der Waals surface area contributed by atoms with E-state index in [1.807, 2.05) is 11.8 Å². The molecular weight excluding hydrogens is 443 g/mol. The number of likely N-dealkylation sites (tertiary alicyclic amines) is 1. The Morgan fingerprint density at radius 1 is 1.06 bits per heavy atom. The van der Waals surface area contributed by atoms with Crippen molar-refractivity contribution in [3.63, 3.8) is 0 Å². The highest BCUT2D eigenvalue weighted by molar-refractivity contribution is 5.79. The molecule has 2 aliphatic rings. The summed E-state index contributed by atoms with van der Waals surface area (Å²) in [5, 5.41) is 0. The summed E-state index contributed by atoms with van der Waals surface area (Å²) in [5.74, 6) is 0.344. The fourth-order valence-corrected chi connectivity index (χ4v) is 4.98. The van der Waals surface area contributed by atoms with Gasteiger partial charge in [-0.2, -0.15) is 0 Å². The summed E-state index contributed by atoms with van der Waals surface area (Å²) in [6.07, 6.45) is 3.21. The number of amides is 1. The average Bonchev–Trinajstić information content (AvgIpc) is 3.28. The van der Waals surface area contributed by atoms with Crippen LogP contribution in [0.5, 0.6) is 0 Å². The second-order valence-corrected chi connectivity index (χ2v) is 10.3. The van der Waals surface area contributed by atoms with Crippen molar-refractivity contribution in [2.24, 2.45) is 0 Å². The summed E-state index contributed by atoms with van der Waals surface area (Å²) in [6.45, 7) is 10.4. The lowest BCUT2D eigenvalue weighted by Crippen LogP contribution is -2.48. The number of benzene rings is 2. The van der Waals surface area contributed by atoms with Crippen molar-refractivity contribution in [2.45, 2.75) is 77.4 Å². The van der Waals surface area contributed by atoms with Crippen LogP contribution in [0.4, 0.5) is 4.39 Å².